The average molecular weight is 1020 g/mol. The maximum atomic E-state index is 4.81. The van der Waals surface area contributed by atoms with E-state index < -0.39 is 17.2 Å². The Hall–Kier alpha value is -2.54. The lowest BCUT2D eigenvalue weighted by Gasteiger charge is -2.13. The molecule has 0 aliphatic heterocycles. The Bertz CT molecular complexity index is 2010. The molecule has 0 N–H and O–H groups in total. The van der Waals surface area contributed by atoms with Crippen molar-refractivity contribution in [2.24, 2.45) is 0 Å². The Morgan fingerprint density at radius 1 is 0.293 bits per heavy atom. The lowest BCUT2D eigenvalue weighted by Crippen LogP contribution is -1.99. The Morgan fingerprint density at radius 2 is 0.552 bits per heavy atom. The zero-order valence-corrected chi connectivity index (χ0v) is 38.2. The van der Waals surface area contributed by atoms with E-state index in [0.29, 0.717) is 22.8 Å². The summed E-state index contributed by atoms with van der Waals surface area (Å²) in [4.78, 5) is 18.0. The van der Waals surface area contributed by atoms with Gasteiger partial charge in [-0.1, -0.05) is 188 Å². The van der Waals surface area contributed by atoms with Crippen molar-refractivity contribution in [3.8, 4) is 67.8 Å². The van der Waals surface area contributed by atoms with E-state index in [1.165, 1.54) is 0 Å². The lowest BCUT2D eigenvalue weighted by atomic mass is 9.96. The van der Waals surface area contributed by atoms with Crippen molar-refractivity contribution in [1.29, 1.82) is 0 Å². The Balaban J connectivity index is 0.000000483. The number of hydrogen-bond acceptors (Lipinski definition) is 8. The molecule has 6 heterocycles. The van der Waals surface area contributed by atoms with Crippen LogP contribution in [0.15, 0.2) is 134 Å². The second-order valence-corrected chi connectivity index (χ2v) is 18.3. The van der Waals surface area contributed by atoms with Gasteiger partial charge in [0.05, 0.1) is 22.8 Å². The molecule has 0 aliphatic carbocycles. The molecule has 0 radical (unpaired) electrons. The van der Waals surface area contributed by atoms with Gasteiger partial charge in [0.2, 0.25) is 0 Å². The summed E-state index contributed by atoms with van der Waals surface area (Å²) in [7, 11) is 0. The molecule has 20 heteroatoms. The number of nitrogens with zero attached hydrogens (tertiary/aromatic N) is 8. The van der Waals surface area contributed by atoms with Crippen molar-refractivity contribution < 1.29 is 0 Å². The molecular weight excluding hydrogens is 994 g/mol. The van der Waals surface area contributed by atoms with Crippen LogP contribution in [0.2, 0.25) is 0 Å². The molecule has 6 aromatic heterocycles. The standard InChI is InChI=1S/C34H22N8.4CHCl3/c1-5-17-35-27(9-1)31-21-25(33(41-39-31)29-11-3-7-19-37-29)23-13-15-24(16-14-23)26-22-32(28-10-2-6-18-36-28)40-42-34(26)30-12-4-8-20-38-30;4*2-1(3)4/h1-22H;4*1H. The van der Waals surface area contributed by atoms with Gasteiger partial charge >= 0.3 is 0 Å². The summed E-state index contributed by atoms with van der Waals surface area (Å²) in [6.45, 7) is 0. The van der Waals surface area contributed by atoms with Gasteiger partial charge in [0.1, 0.15) is 22.8 Å². The van der Waals surface area contributed by atoms with Gasteiger partial charge in [-0.25, -0.2) is 0 Å². The van der Waals surface area contributed by atoms with Crippen molar-refractivity contribution in [3.63, 3.8) is 0 Å². The average Bonchev–Trinajstić information content (AvgIpc) is 3.21. The first kappa shape index (κ1) is 49.8. The second kappa shape index (κ2) is 27.3. The largest absolute Gasteiger partial charge is 0.255 e. The molecule has 7 aromatic rings. The summed E-state index contributed by atoms with van der Waals surface area (Å²) in [6, 6.07) is 35.3. The van der Waals surface area contributed by atoms with Crippen LogP contribution in [0.25, 0.3) is 67.8 Å². The molecule has 0 fully saturated rings. The van der Waals surface area contributed by atoms with Gasteiger partial charge < -0.3 is 0 Å². The molecule has 0 spiro atoms. The van der Waals surface area contributed by atoms with Crippen LogP contribution in [0.3, 0.4) is 0 Å². The van der Waals surface area contributed by atoms with Crippen molar-refractivity contribution in [2.45, 2.75) is 17.2 Å². The van der Waals surface area contributed by atoms with Crippen molar-refractivity contribution >= 4 is 139 Å². The van der Waals surface area contributed by atoms with Crippen LogP contribution in [0.4, 0.5) is 0 Å². The van der Waals surface area contributed by atoms with Crippen molar-refractivity contribution in [1.82, 2.24) is 40.3 Å². The Morgan fingerprint density at radius 3 is 0.793 bits per heavy atom. The molecule has 58 heavy (non-hydrogen) atoms. The zero-order valence-electron chi connectivity index (χ0n) is 29.1. The molecule has 0 aliphatic rings. The molecule has 7 rings (SSSR count). The van der Waals surface area contributed by atoms with Gasteiger partial charge in [0.25, 0.3) is 0 Å². The van der Waals surface area contributed by atoms with Crippen LogP contribution in [0.1, 0.15) is 0 Å². The monoisotopic (exact) mass is 1010 g/mol. The summed E-state index contributed by atoms with van der Waals surface area (Å²) < 4.78 is -3.00. The predicted octanol–water partition coefficient (Wildman–Crippen LogP) is 14.8. The molecule has 8 nitrogen and oxygen atoms in total. The first-order valence-corrected chi connectivity index (χ1v) is 21.2. The van der Waals surface area contributed by atoms with Gasteiger partial charge in [0.15, 0.2) is 17.2 Å². The molecule has 0 unspecified atom stereocenters. The highest BCUT2D eigenvalue weighted by Crippen LogP contribution is 2.35. The van der Waals surface area contributed by atoms with Crippen LogP contribution in [-0.2, 0) is 0 Å². The smallest absolute Gasteiger partial charge is 0.180 e. The van der Waals surface area contributed by atoms with Gasteiger partial charge in [-0.15, -0.1) is 20.4 Å². The van der Waals surface area contributed by atoms with Crippen LogP contribution < -0.4 is 0 Å². The van der Waals surface area contributed by atoms with E-state index in [4.69, 9.17) is 139 Å². The van der Waals surface area contributed by atoms with Crippen molar-refractivity contribution in [2.75, 3.05) is 0 Å². The summed E-state index contributed by atoms with van der Waals surface area (Å²) in [5.74, 6) is 0. The molecule has 302 valence electrons. The normalized spacial score (nSPS) is 10.3. The Labute approximate surface area is 395 Å². The maximum absolute atomic E-state index is 4.81. The van der Waals surface area contributed by atoms with E-state index >= 15 is 0 Å². The predicted molar refractivity (Wildman–Crippen MR) is 247 cm³/mol. The zero-order chi connectivity index (χ0) is 42.5. The minimum Gasteiger partial charge on any atom is -0.255 e. The van der Waals surface area contributed by atoms with Crippen LogP contribution in [0, 0.1) is 0 Å². The van der Waals surface area contributed by atoms with E-state index in [2.05, 4.69) is 64.6 Å². The van der Waals surface area contributed by atoms with E-state index in [-0.39, 0.29) is 0 Å². The highest BCUT2D eigenvalue weighted by atomic mass is 35.6. The van der Waals surface area contributed by atoms with Crippen LogP contribution in [0.5, 0.6) is 0 Å². The second-order valence-electron chi connectivity index (χ2n) is 10.4. The first-order chi connectivity index (χ1) is 27.8. The van der Waals surface area contributed by atoms with Crippen LogP contribution in [-0.4, -0.2) is 57.5 Å². The molecular formula is C38H26Cl12N8. The third-order valence-electron chi connectivity index (χ3n) is 6.76. The van der Waals surface area contributed by atoms with Gasteiger partial charge in [-0.05, 0) is 71.8 Å². The fourth-order valence-electron chi connectivity index (χ4n) is 4.72. The SMILES string of the molecule is ClC(Cl)Cl.ClC(Cl)Cl.ClC(Cl)Cl.ClC(Cl)Cl.c1ccc(-c2cc(-c3ccc(-c4cc(-c5ccccn5)nnc4-c4ccccn4)cc3)c(-c3ccccn3)nn2)nc1. The number of rotatable bonds is 6. The van der Waals surface area contributed by atoms with Crippen LogP contribution >= 0.6 is 139 Å². The van der Waals surface area contributed by atoms with E-state index in [1.807, 2.05) is 84.9 Å². The van der Waals surface area contributed by atoms with E-state index in [1.54, 1.807) is 24.8 Å². The molecule has 0 bridgehead atoms. The third-order valence-corrected chi connectivity index (χ3v) is 6.76. The lowest BCUT2D eigenvalue weighted by molar-refractivity contribution is 1.03. The molecule has 0 saturated carbocycles. The number of halogens is 12. The maximum Gasteiger partial charge on any atom is 0.180 e. The summed E-state index contributed by atoms with van der Waals surface area (Å²) in [5.41, 5.74) is 9.50. The van der Waals surface area contributed by atoms with E-state index in [9.17, 15) is 0 Å². The highest BCUT2D eigenvalue weighted by molar-refractivity contribution is 6.64. The molecule has 0 atom stereocenters. The molecule has 0 amide bonds. The summed E-state index contributed by atoms with van der Waals surface area (Å²) in [5, 5.41) is 18.1. The number of alkyl halides is 12. The minimum absolute atomic E-state index is 0.685. The quantitative estimate of drug-likeness (QED) is 0.152. The molecule has 0 saturated heterocycles. The van der Waals surface area contributed by atoms with E-state index in [0.717, 1.165) is 45.0 Å². The summed E-state index contributed by atoms with van der Waals surface area (Å²) in [6.07, 6.45) is 7.01. The Kier molecular flexibility index (Phi) is 23.5. The van der Waals surface area contributed by atoms with Gasteiger partial charge in [0, 0.05) is 35.9 Å². The first-order valence-electron chi connectivity index (χ1n) is 16.0. The number of pyridine rings is 4. The topological polar surface area (TPSA) is 103 Å². The number of hydrogen-bond donors (Lipinski definition) is 0. The molecule has 1 aromatic carbocycles. The fraction of sp³-hybridized carbons (Fsp3) is 0.105. The summed E-state index contributed by atoms with van der Waals surface area (Å²) >= 11 is 57.7. The fourth-order valence-corrected chi connectivity index (χ4v) is 4.72. The highest BCUT2D eigenvalue weighted by Gasteiger charge is 2.17. The number of aromatic nitrogens is 8. The van der Waals surface area contributed by atoms with Gasteiger partial charge in [-0.2, -0.15) is 0 Å². The third kappa shape index (κ3) is 18.4. The van der Waals surface area contributed by atoms with Gasteiger partial charge in [-0.3, -0.25) is 19.9 Å². The number of benzene rings is 1. The minimum atomic E-state index is -0.750. The van der Waals surface area contributed by atoms with Crippen molar-refractivity contribution in [3.05, 3.63) is 134 Å².